The van der Waals surface area contributed by atoms with Gasteiger partial charge < -0.3 is 9.84 Å². The SMILES string of the molecule is C#CCNc1ccc(OP(C)C)cc1Cl. The number of hydrogen-bond acceptors (Lipinski definition) is 2. The lowest BCUT2D eigenvalue weighted by Gasteiger charge is -2.11. The first-order valence-electron chi connectivity index (χ1n) is 4.45. The second kappa shape index (κ2) is 5.85. The van der Waals surface area contributed by atoms with Crippen molar-refractivity contribution in [2.75, 3.05) is 25.2 Å². The van der Waals surface area contributed by atoms with Crippen LogP contribution in [0, 0.1) is 12.3 Å². The van der Waals surface area contributed by atoms with Crippen molar-refractivity contribution in [3.63, 3.8) is 0 Å². The van der Waals surface area contributed by atoms with Gasteiger partial charge in [0.05, 0.1) is 25.4 Å². The zero-order chi connectivity index (χ0) is 11.3. The molecule has 0 aromatic heterocycles. The summed E-state index contributed by atoms with van der Waals surface area (Å²) in [5.41, 5.74) is 0.832. The van der Waals surface area contributed by atoms with E-state index in [4.69, 9.17) is 22.5 Å². The predicted octanol–water partition coefficient (Wildman–Crippen LogP) is 3.42. The summed E-state index contributed by atoms with van der Waals surface area (Å²) in [6.45, 7) is 4.54. The van der Waals surface area contributed by atoms with E-state index < -0.39 is 8.15 Å². The predicted molar refractivity (Wildman–Crippen MR) is 68.2 cm³/mol. The lowest BCUT2D eigenvalue weighted by Crippen LogP contribution is -1.98. The number of hydrogen-bond donors (Lipinski definition) is 1. The molecular weight excluding hydrogens is 229 g/mol. The van der Waals surface area contributed by atoms with Gasteiger partial charge in [0.25, 0.3) is 0 Å². The van der Waals surface area contributed by atoms with Crippen LogP contribution >= 0.6 is 19.7 Å². The number of anilines is 1. The second-order valence-electron chi connectivity index (χ2n) is 3.10. The number of terminal acetylenes is 1. The van der Waals surface area contributed by atoms with E-state index in [-0.39, 0.29) is 0 Å². The van der Waals surface area contributed by atoms with Gasteiger partial charge >= 0.3 is 0 Å². The quantitative estimate of drug-likeness (QED) is 0.644. The van der Waals surface area contributed by atoms with Gasteiger partial charge in [0.15, 0.2) is 0 Å². The molecule has 0 heterocycles. The Morgan fingerprint density at radius 3 is 2.80 bits per heavy atom. The summed E-state index contributed by atoms with van der Waals surface area (Å²) in [7, 11) is -0.421. The molecule has 0 aliphatic rings. The van der Waals surface area contributed by atoms with Crippen molar-refractivity contribution in [1.82, 2.24) is 0 Å². The third-order valence-corrected chi connectivity index (χ3v) is 2.50. The van der Waals surface area contributed by atoms with Crippen LogP contribution in [0.2, 0.25) is 5.02 Å². The Morgan fingerprint density at radius 2 is 2.27 bits per heavy atom. The standard InChI is InChI=1S/C11H13ClNOP/c1-4-7-13-11-6-5-9(8-10(11)12)14-15(2)3/h1,5-6,8,13H,7H2,2-3H3. The number of nitrogens with one attached hydrogen (secondary N) is 1. The summed E-state index contributed by atoms with van der Waals surface area (Å²) < 4.78 is 5.57. The van der Waals surface area contributed by atoms with Crippen molar-refractivity contribution < 1.29 is 4.52 Å². The Hall–Kier alpha value is -0.900. The van der Waals surface area contributed by atoms with E-state index in [1.807, 2.05) is 25.5 Å². The van der Waals surface area contributed by atoms with Crippen molar-refractivity contribution in [3.8, 4) is 18.1 Å². The maximum absolute atomic E-state index is 6.04. The molecule has 15 heavy (non-hydrogen) atoms. The first-order valence-corrected chi connectivity index (χ1v) is 6.99. The smallest absolute Gasteiger partial charge is 0.124 e. The van der Waals surface area contributed by atoms with Crippen molar-refractivity contribution >= 4 is 25.4 Å². The average Bonchev–Trinajstić information content (AvgIpc) is 2.15. The van der Waals surface area contributed by atoms with Gasteiger partial charge in [-0.25, -0.2) is 0 Å². The van der Waals surface area contributed by atoms with Gasteiger partial charge in [-0.1, -0.05) is 17.5 Å². The Kier molecular flexibility index (Phi) is 4.75. The van der Waals surface area contributed by atoms with Crippen molar-refractivity contribution in [1.29, 1.82) is 0 Å². The van der Waals surface area contributed by atoms with Gasteiger partial charge in [-0.05, 0) is 25.5 Å². The molecular formula is C11H13ClNOP. The molecule has 0 spiro atoms. The van der Waals surface area contributed by atoms with Crippen LogP contribution in [0.5, 0.6) is 5.75 Å². The van der Waals surface area contributed by atoms with E-state index in [0.717, 1.165) is 11.4 Å². The Morgan fingerprint density at radius 1 is 1.53 bits per heavy atom. The highest BCUT2D eigenvalue weighted by Gasteiger charge is 2.03. The van der Waals surface area contributed by atoms with Crippen molar-refractivity contribution in [3.05, 3.63) is 23.2 Å². The van der Waals surface area contributed by atoms with Crippen LogP contribution in [0.1, 0.15) is 0 Å². The van der Waals surface area contributed by atoms with Crippen LogP contribution in [-0.2, 0) is 0 Å². The monoisotopic (exact) mass is 241 g/mol. The van der Waals surface area contributed by atoms with Gasteiger partial charge in [0.2, 0.25) is 0 Å². The molecule has 1 aromatic rings. The van der Waals surface area contributed by atoms with Crippen LogP contribution in [-0.4, -0.2) is 19.9 Å². The summed E-state index contributed by atoms with van der Waals surface area (Å²) in [6.07, 6.45) is 5.14. The highest BCUT2D eigenvalue weighted by molar-refractivity contribution is 7.51. The zero-order valence-corrected chi connectivity index (χ0v) is 10.4. The molecule has 2 nitrogen and oxygen atoms in total. The third kappa shape index (κ3) is 4.00. The van der Waals surface area contributed by atoms with Crippen molar-refractivity contribution in [2.45, 2.75) is 0 Å². The molecule has 0 saturated heterocycles. The highest BCUT2D eigenvalue weighted by Crippen LogP contribution is 2.33. The minimum atomic E-state index is -0.421. The molecule has 1 aromatic carbocycles. The normalized spacial score (nSPS) is 9.80. The molecule has 0 bridgehead atoms. The maximum Gasteiger partial charge on any atom is 0.124 e. The minimum absolute atomic E-state index is 0.421. The molecule has 0 amide bonds. The van der Waals surface area contributed by atoms with Crippen LogP contribution in [0.3, 0.4) is 0 Å². The van der Waals surface area contributed by atoms with E-state index in [1.165, 1.54) is 0 Å². The Bertz CT molecular complexity index is 373. The number of halogens is 1. The molecule has 0 atom stereocenters. The van der Waals surface area contributed by atoms with Crippen LogP contribution in [0.15, 0.2) is 18.2 Å². The molecule has 4 heteroatoms. The lowest BCUT2D eigenvalue weighted by atomic mass is 10.3. The van der Waals surface area contributed by atoms with E-state index in [2.05, 4.69) is 11.2 Å². The summed E-state index contributed by atoms with van der Waals surface area (Å²) in [5, 5.41) is 3.65. The first kappa shape index (κ1) is 12.2. The molecule has 1 rings (SSSR count). The summed E-state index contributed by atoms with van der Waals surface area (Å²) >= 11 is 6.04. The largest absolute Gasteiger partial charge is 0.475 e. The third-order valence-electron chi connectivity index (χ3n) is 1.61. The molecule has 0 fully saturated rings. The van der Waals surface area contributed by atoms with Gasteiger partial charge in [-0.15, -0.1) is 6.42 Å². The fraction of sp³-hybridized carbons (Fsp3) is 0.273. The molecule has 1 N–H and O–H groups in total. The zero-order valence-electron chi connectivity index (χ0n) is 8.75. The van der Waals surface area contributed by atoms with E-state index in [9.17, 15) is 0 Å². The number of benzene rings is 1. The van der Waals surface area contributed by atoms with Crippen LogP contribution < -0.4 is 9.84 Å². The van der Waals surface area contributed by atoms with Crippen LogP contribution in [0.25, 0.3) is 0 Å². The summed E-state index contributed by atoms with van der Waals surface area (Å²) in [6, 6.07) is 5.55. The van der Waals surface area contributed by atoms with E-state index >= 15 is 0 Å². The van der Waals surface area contributed by atoms with Crippen molar-refractivity contribution in [2.24, 2.45) is 0 Å². The first-order chi connectivity index (χ1) is 7.13. The molecule has 0 aliphatic carbocycles. The molecule has 0 saturated carbocycles. The minimum Gasteiger partial charge on any atom is -0.475 e. The Balaban J connectivity index is 2.75. The molecule has 0 radical (unpaired) electrons. The van der Waals surface area contributed by atoms with Gasteiger partial charge in [0, 0.05) is 6.07 Å². The Labute approximate surface area is 96.8 Å². The summed E-state index contributed by atoms with van der Waals surface area (Å²) in [4.78, 5) is 0. The highest BCUT2D eigenvalue weighted by atomic mass is 35.5. The average molecular weight is 242 g/mol. The van der Waals surface area contributed by atoms with Gasteiger partial charge in [0.1, 0.15) is 5.75 Å². The van der Waals surface area contributed by atoms with E-state index in [0.29, 0.717) is 11.6 Å². The van der Waals surface area contributed by atoms with E-state index in [1.54, 1.807) is 6.07 Å². The summed E-state index contributed by atoms with van der Waals surface area (Å²) in [5.74, 6) is 3.29. The maximum atomic E-state index is 6.04. The molecule has 0 aliphatic heterocycles. The number of rotatable bonds is 4. The lowest BCUT2D eigenvalue weighted by molar-refractivity contribution is 0.623. The fourth-order valence-corrected chi connectivity index (χ4v) is 1.83. The second-order valence-corrected chi connectivity index (χ2v) is 5.32. The fourth-order valence-electron chi connectivity index (χ4n) is 1.05. The topological polar surface area (TPSA) is 21.3 Å². The molecule has 80 valence electrons. The van der Waals surface area contributed by atoms with Crippen LogP contribution in [0.4, 0.5) is 5.69 Å². The molecule has 0 unspecified atom stereocenters. The van der Waals surface area contributed by atoms with Gasteiger partial charge in [-0.2, -0.15) is 0 Å². The van der Waals surface area contributed by atoms with Gasteiger partial charge in [-0.3, -0.25) is 0 Å².